The van der Waals surface area contributed by atoms with Gasteiger partial charge in [0.15, 0.2) is 0 Å². The van der Waals surface area contributed by atoms with Crippen LogP contribution in [0.1, 0.15) is 31.0 Å². The van der Waals surface area contributed by atoms with E-state index < -0.39 is 6.09 Å². The van der Waals surface area contributed by atoms with Crippen molar-refractivity contribution in [3.63, 3.8) is 0 Å². The van der Waals surface area contributed by atoms with Gasteiger partial charge in [-0.3, -0.25) is 0 Å². The topological polar surface area (TPSA) is 67.8 Å². The van der Waals surface area contributed by atoms with Gasteiger partial charge < -0.3 is 19.9 Å². The van der Waals surface area contributed by atoms with E-state index in [4.69, 9.17) is 9.47 Å². The number of hydrogen-bond donors (Lipinski definition) is 2. The zero-order chi connectivity index (χ0) is 18.2. The minimum Gasteiger partial charge on any atom is -0.496 e. The summed E-state index contributed by atoms with van der Waals surface area (Å²) in [5.41, 5.74) is 3.71. The van der Waals surface area contributed by atoms with E-state index in [9.17, 15) is 9.90 Å². The van der Waals surface area contributed by atoms with Gasteiger partial charge in [0.1, 0.15) is 11.5 Å². The van der Waals surface area contributed by atoms with Gasteiger partial charge in [-0.05, 0) is 41.8 Å². The maximum atomic E-state index is 11.2. The molecule has 0 saturated heterocycles. The summed E-state index contributed by atoms with van der Waals surface area (Å²) in [5, 5.41) is 11.8. The fourth-order valence-electron chi connectivity index (χ4n) is 3.30. The molecular formula is C20H23NO4. The van der Waals surface area contributed by atoms with Gasteiger partial charge in [-0.15, -0.1) is 0 Å². The zero-order valence-corrected chi connectivity index (χ0v) is 14.9. The number of amides is 1. The Morgan fingerprint density at radius 2 is 1.92 bits per heavy atom. The first-order valence-corrected chi connectivity index (χ1v) is 8.23. The lowest BCUT2D eigenvalue weighted by atomic mass is 9.78. The Kier molecular flexibility index (Phi) is 4.33. The summed E-state index contributed by atoms with van der Waals surface area (Å²) in [7, 11) is 1.66. The quantitative estimate of drug-likeness (QED) is 0.868. The third kappa shape index (κ3) is 3.27. The van der Waals surface area contributed by atoms with E-state index in [1.807, 2.05) is 51.1 Å². The van der Waals surface area contributed by atoms with Gasteiger partial charge in [-0.25, -0.2) is 4.79 Å². The van der Waals surface area contributed by atoms with E-state index in [-0.39, 0.29) is 11.5 Å². The first-order valence-electron chi connectivity index (χ1n) is 8.23. The lowest BCUT2D eigenvalue weighted by Crippen LogP contribution is -2.43. The lowest BCUT2D eigenvalue weighted by molar-refractivity contribution is 0.0996. The molecule has 2 aromatic carbocycles. The van der Waals surface area contributed by atoms with E-state index in [2.05, 4.69) is 11.4 Å². The molecule has 1 aliphatic heterocycles. The van der Waals surface area contributed by atoms with Crippen LogP contribution in [0.3, 0.4) is 0 Å². The Labute approximate surface area is 147 Å². The van der Waals surface area contributed by atoms with Crippen molar-refractivity contribution in [2.45, 2.75) is 26.8 Å². The number of ether oxygens (including phenoxy) is 2. The molecule has 132 valence electrons. The van der Waals surface area contributed by atoms with Gasteiger partial charge in [-0.1, -0.05) is 32.0 Å². The summed E-state index contributed by atoms with van der Waals surface area (Å²) in [4.78, 5) is 11.2. The van der Waals surface area contributed by atoms with Crippen molar-refractivity contribution in [3.05, 3.63) is 47.5 Å². The highest BCUT2D eigenvalue weighted by atomic mass is 16.5. The Hall–Kier alpha value is -2.69. The molecule has 5 nitrogen and oxygen atoms in total. The first-order chi connectivity index (χ1) is 11.8. The summed E-state index contributed by atoms with van der Waals surface area (Å²) in [6.45, 7) is 6.46. The number of benzene rings is 2. The number of fused-ring (bicyclic) bond motifs is 1. The minimum atomic E-state index is -1.03. The van der Waals surface area contributed by atoms with Crippen LogP contribution >= 0.6 is 0 Å². The van der Waals surface area contributed by atoms with Crippen molar-refractivity contribution in [3.8, 4) is 22.6 Å². The van der Waals surface area contributed by atoms with Crippen LogP contribution < -0.4 is 14.8 Å². The van der Waals surface area contributed by atoms with Gasteiger partial charge in [0, 0.05) is 11.0 Å². The summed E-state index contributed by atoms with van der Waals surface area (Å²) >= 11 is 0. The van der Waals surface area contributed by atoms with Gasteiger partial charge in [0.05, 0.1) is 19.8 Å². The fraction of sp³-hybridized carbons (Fsp3) is 0.350. The summed E-state index contributed by atoms with van der Waals surface area (Å²) in [6, 6.07) is 11.6. The predicted molar refractivity (Wildman–Crippen MR) is 96.3 cm³/mol. The first kappa shape index (κ1) is 17.1. The maximum Gasteiger partial charge on any atom is 0.405 e. The fourth-order valence-corrected chi connectivity index (χ4v) is 3.30. The molecule has 0 aromatic heterocycles. The molecule has 2 N–H and O–H groups in total. The number of hydrogen-bond acceptors (Lipinski definition) is 3. The molecule has 0 saturated carbocycles. The van der Waals surface area contributed by atoms with E-state index in [1.165, 1.54) is 0 Å². The number of methoxy groups -OCH3 is 1. The highest BCUT2D eigenvalue weighted by Gasteiger charge is 2.38. The van der Waals surface area contributed by atoms with Crippen molar-refractivity contribution >= 4 is 6.09 Å². The van der Waals surface area contributed by atoms with Crippen LogP contribution in [-0.4, -0.2) is 24.9 Å². The van der Waals surface area contributed by atoms with Crippen LogP contribution in [0.2, 0.25) is 0 Å². The van der Waals surface area contributed by atoms with Crippen LogP contribution in [0, 0.1) is 12.3 Å². The second-order valence-corrected chi connectivity index (χ2v) is 7.10. The standard InChI is InChI=1S/C20H23NO4/c1-12-9-13(6-8-16(12)24-4)14-5-7-15-17(10-14)25-11-20(2,3)18(15)21-19(22)23/h5-10,18,21H,11H2,1-4H3,(H,22,23). The van der Waals surface area contributed by atoms with E-state index in [1.54, 1.807) is 7.11 Å². The van der Waals surface area contributed by atoms with Crippen LogP contribution in [0.25, 0.3) is 11.1 Å². The highest BCUT2D eigenvalue weighted by molar-refractivity contribution is 5.70. The number of carboxylic acid groups (broad SMARTS) is 1. The molecule has 0 bridgehead atoms. The summed E-state index contributed by atoms with van der Waals surface area (Å²) < 4.78 is 11.2. The Morgan fingerprint density at radius 1 is 1.24 bits per heavy atom. The molecule has 0 aliphatic carbocycles. The van der Waals surface area contributed by atoms with Crippen molar-refractivity contribution in [1.82, 2.24) is 5.32 Å². The zero-order valence-electron chi connectivity index (χ0n) is 14.9. The van der Waals surface area contributed by atoms with Crippen LogP contribution in [0.15, 0.2) is 36.4 Å². The second kappa shape index (κ2) is 6.31. The molecule has 1 unspecified atom stereocenters. The van der Waals surface area contributed by atoms with Crippen LogP contribution in [0.5, 0.6) is 11.5 Å². The van der Waals surface area contributed by atoms with Crippen molar-refractivity contribution in [2.75, 3.05) is 13.7 Å². The molecule has 1 amide bonds. The number of carbonyl (C=O) groups is 1. The average Bonchev–Trinajstić information content (AvgIpc) is 2.57. The predicted octanol–water partition coefficient (Wildman–Crippen LogP) is 4.40. The molecule has 1 aliphatic rings. The molecule has 0 radical (unpaired) electrons. The SMILES string of the molecule is COc1ccc(-c2ccc3c(c2)OCC(C)(C)C3NC(=O)O)cc1C. The number of nitrogens with one attached hydrogen (secondary N) is 1. The summed E-state index contributed by atoms with van der Waals surface area (Å²) in [5.74, 6) is 1.58. The van der Waals surface area contributed by atoms with E-state index in [0.29, 0.717) is 6.61 Å². The molecule has 1 atom stereocenters. The summed E-state index contributed by atoms with van der Waals surface area (Å²) in [6.07, 6.45) is -1.03. The molecule has 5 heteroatoms. The molecule has 2 aromatic rings. The molecule has 0 spiro atoms. The Balaban J connectivity index is 2.00. The van der Waals surface area contributed by atoms with Gasteiger partial charge >= 0.3 is 6.09 Å². The smallest absolute Gasteiger partial charge is 0.405 e. The molecule has 25 heavy (non-hydrogen) atoms. The number of aryl methyl sites for hydroxylation is 1. The largest absolute Gasteiger partial charge is 0.496 e. The van der Waals surface area contributed by atoms with Crippen LogP contribution in [-0.2, 0) is 0 Å². The van der Waals surface area contributed by atoms with Crippen molar-refractivity contribution < 1.29 is 19.4 Å². The van der Waals surface area contributed by atoms with Crippen LogP contribution in [0.4, 0.5) is 4.79 Å². The Morgan fingerprint density at radius 3 is 2.56 bits per heavy atom. The average molecular weight is 341 g/mol. The minimum absolute atomic E-state index is 0.305. The molecular weight excluding hydrogens is 318 g/mol. The van der Waals surface area contributed by atoms with E-state index >= 15 is 0 Å². The van der Waals surface area contributed by atoms with Gasteiger partial charge in [0.2, 0.25) is 0 Å². The van der Waals surface area contributed by atoms with Crippen molar-refractivity contribution in [2.24, 2.45) is 5.41 Å². The molecule has 0 fully saturated rings. The number of rotatable bonds is 3. The highest BCUT2D eigenvalue weighted by Crippen LogP contribution is 2.44. The molecule has 1 heterocycles. The lowest BCUT2D eigenvalue weighted by Gasteiger charge is -2.39. The third-order valence-electron chi connectivity index (χ3n) is 4.70. The second-order valence-electron chi connectivity index (χ2n) is 7.10. The van der Waals surface area contributed by atoms with Gasteiger partial charge in [-0.2, -0.15) is 0 Å². The third-order valence-corrected chi connectivity index (χ3v) is 4.70. The van der Waals surface area contributed by atoms with E-state index in [0.717, 1.165) is 33.8 Å². The normalized spacial score (nSPS) is 18.0. The van der Waals surface area contributed by atoms with Crippen molar-refractivity contribution in [1.29, 1.82) is 0 Å². The maximum absolute atomic E-state index is 11.2. The van der Waals surface area contributed by atoms with Gasteiger partial charge in [0.25, 0.3) is 0 Å². The Bertz CT molecular complexity index is 813. The molecule has 3 rings (SSSR count). The monoisotopic (exact) mass is 341 g/mol.